The topological polar surface area (TPSA) is 38.3 Å². The lowest BCUT2D eigenvalue weighted by Crippen LogP contribution is -2.41. The Morgan fingerprint density at radius 3 is 2.77 bits per heavy atom. The number of carbonyl (C=O) groups excluding carboxylic acids is 1. The molecule has 5 heteroatoms. The number of alkyl halides is 2. The number of carbonyl (C=O) groups is 1. The maximum Gasteiger partial charge on any atom is 0.319 e. The van der Waals surface area contributed by atoms with Crippen LogP contribution in [0.4, 0.5) is 8.78 Å². The molecule has 1 N–H and O–H groups in total. The van der Waals surface area contributed by atoms with E-state index in [-0.39, 0.29) is 19.6 Å². The molecule has 1 unspecified atom stereocenters. The molecule has 0 aliphatic carbocycles. The van der Waals surface area contributed by atoms with Gasteiger partial charge < -0.3 is 10.1 Å². The van der Waals surface area contributed by atoms with E-state index in [0.717, 1.165) is 0 Å². The Morgan fingerprint density at radius 1 is 1.69 bits per heavy atom. The summed E-state index contributed by atoms with van der Waals surface area (Å²) in [6.45, 7) is 2.22. The van der Waals surface area contributed by atoms with Gasteiger partial charge in [-0.2, -0.15) is 0 Å². The van der Waals surface area contributed by atoms with Crippen LogP contribution in [0.5, 0.6) is 0 Å². The summed E-state index contributed by atoms with van der Waals surface area (Å²) in [5, 5.41) is 2.75. The zero-order chi connectivity index (χ0) is 9.90. The van der Waals surface area contributed by atoms with Crippen molar-refractivity contribution < 1.29 is 18.3 Å². The molecule has 1 saturated heterocycles. The van der Waals surface area contributed by atoms with Gasteiger partial charge in [-0.05, 0) is 19.9 Å². The minimum absolute atomic E-state index is 0.0174. The molecular formula is C8H13F2NO2. The quantitative estimate of drug-likeness (QED) is 0.673. The van der Waals surface area contributed by atoms with Gasteiger partial charge in [-0.15, -0.1) is 0 Å². The maximum absolute atomic E-state index is 12.6. The van der Waals surface area contributed by atoms with Gasteiger partial charge in [0, 0.05) is 6.54 Å². The van der Waals surface area contributed by atoms with Crippen LogP contribution in [0.3, 0.4) is 0 Å². The number of rotatable bonds is 3. The van der Waals surface area contributed by atoms with Crippen LogP contribution in [0.25, 0.3) is 0 Å². The second-order valence-corrected chi connectivity index (χ2v) is 3.10. The Balaban J connectivity index is 2.72. The van der Waals surface area contributed by atoms with Crippen LogP contribution >= 0.6 is 0 Å². The van der Waals surface area contributed by atoms with Gasteiger partial charge in [0.2, 0.25) is 0 Å². The Labute approximate surface area is 75.4 Å². The first-order chi connectivity index (χ1) is 6.13. The van der Waals surface area contributed by atoms with E-state index >= 15 is 0 Å². The zero-order valence-corrected chi connectivity index (χ0v) is 7.48. The first kappa shape index (κ1) is 10.4. The molecule has 1 atom stereocenters. The summed E-state index contributed by atoms with van der Waals surface area (Å²) in [5.41, 5.74) is -1.60. The highest BCUT2D eigenvalue weighted by Crippen LogP contribution is 2.34. The van der Waals surface area contributed by atoms with Gasteiger partial charge in [0.15, 0.2) is 0 Å². The number of esters is 1. The lowest BCUT2D eigenvalue weighted by Gasteiger charge is -2.24. The van der Waals surface area contributed by atoms with Gasteiger partial charge in [-0.25, -0.2) is 8.78 Å². The highest BCUT2D eigenvalue weighted by molar-refractivity contribution is 5.78. The van der Waals surface area contributed by atoms with Crippen molar-refractivity contribution in [3.05, 3.63) is 0 Å². The highest BCUT2D eigenvalue weighted by Gasteiger charge is 2.50. The van der Waals surface area contributed by atoms with Gasteiger partial charge in [-0.1, -0.05) is 0 Å². The van der Waals surface area contributed by atoms with Gasteiger partial charge in [0.1, 0.15) is 5.41 Å². The summed E-state index contributed by atoms with van der Waals surface area (Å²) in [4.78, 5) is 11.3. The number of nitrogens with one attached hydrogen (secondary N) is 1. The molecule has 0 spiro atoms. The van der Waals surface area contributed by atoms with Crippen LogP contribution in [0, 0.1) is 5.41 Å². The lowest BCUT2D eigenvalue weighted by atomic mass is 9.88. The van der Waals surface area contributed by atoms with E-state index in [0.29, 0.717) is 6.54 Å². The maximum atomic E-state index is 12.6. The SMILES string of the molecule is CCOC(=O)C1(C(F)F)CCNC1. The van der Waals surface area contributed by atoms with Crippen molar-refractivity contribution in [2.45, 2.75) is 19.8 Å². The molecular weight excluding hydrogens is 180 g/mol. The van der Waals surface area contributed by atoms with E-state index in [2.05, 4.69) is 10.1 Å². The Kier molecular flexibility index (Phi) is 3.19. The van der Waals surface area contributed by atoms with Gasteiger partial charge in [-0.3, -0.25) is 4.79 Å². The molecule has 13 heavy (non-hydrogen) atoms. The molecule has 3 nitrogen and oxygen atoms in total. The van der Waals surface area contributed by atoms with Crippen LogP contribution in [-0.2, 0) is 9.53 Å². The zero-order valence-electron chi connectivity index (χ0n) is 7.48. The minimum atomic E-state index is -2.65. The molecule has 0 aromatic carbocycles. The monoisotopic (exact) mass is 193 g/mol. The largest absolute Gasteiger partial charge is 0.465 e. The number of halogens is 2. The van der Waals surface area contributed by atoms with Crippen molar-refractivity contribution in [1.82, 2.24) is 5.32 Å². The number of hydrogen-bond acceptors (Lipinski definition) is 3. The second-order valence-electron chi connectivity index (χ2n) is 3.10. The van der Waals surface area contributed by atoms with Crippen molar-refractivity contribution in [2.24, 2.45) is 5.41 Å². The van der Waals surface area contributed by atoms with Crippen molar-refractivity contribution in [3.8, 4) is 0 Å². The molecule has 76 valence electrons. The average molecular weight is 193 g/mol. The van der Waals surface area contributed by atoms with Gasteiger partial charge in [0.25, 0.3) is 6.43 Å². The first-order valence-corrected chi connectivity index (χ1v) is 4.29. The first-order valence-electron chi connectivity index (χ1n) is 4.29. The average Bonchev–Trinajstić information content (AvgIpc) is 2.53. The fourth-order valence-electron chi connectivity index (χ4n) is 1.44. The van der Waals surface area contributed by atoms with E-state index in [1.807, 2.05) is 0 Å². The van der Waals surface area contributed by atoms with Crippen LogP contribution in [0.15, 0.2) is 0 Å². The van der Waals surface area contributed by atoms with E-state index in [1.165, 1.54) is 0 Å². The molecule has 1 fully saturated rings. The van der Waals surface area contributed by atoms with E-state index in [4.69, 9.17) is 0 Å². The number of hydrogen-bond donors (Lipinski definition) is 1. The third-order valence-electron chi connectivity index (χ3n) is 2.29. The Bertz CT molecular complexity index is 191. The summed E-state index contributed by atoms with van der Waals surface area (Å²) in [5.74, 6) is -0.782. The van der Waals surface area contributed by atoms with Crippen molar-refractivity contribution in [1.29, 1.82) is 0 Å². The van der Waals surface area contributed by atoms with Crippen molar-refractivity contribution in [3.63, 3.8) is 0 Å². The van der Waals surface area contributed by atoms with Crippen LogP contribution in [0.2, 0.25) is 0 Å². The normalized spacial score (nSPS) is 28.0. The molecule has 0 aromatic rings. The molecule has 0 aromatic heterocycles. The highest BCUT2D eigenvalue weighted by atomic mass is 19.3. The summed E-state index contributed by atoms with van der Waals surface area (Å²) >= 11 is 0. The third kappa shape index (κ3) is 1.80. The summed E-state index contributed by atoms with van der Waals surface area (Å²) < 4.78 is 29.9. The third-order valence-corrected chi connectivity index (χ3v) is 2.29. The van der Waals surface area contributed by atoms with E-state index in [9.17, 15) is 13.6 Å². The van der Waals surface area contributed by atoms with Crippen LogP contribution in [-0.4, -0.2) is 32.1 Å². The summed E-state index contributed by atoms with van der Waals surface area (Å²) in [6.07, 6.45) is -2.50. The van der Waals surface area contributed by atoms with Gasteiger partial charge >= 0.3 is 5.97 Å². The predicted octanol–water partition coefficient (Wildman–Crippen LogP) is 0.794. The molecule has 0 amide bonds. The van der Waals surface area contributed by atoms with E-state index in [1.54, 1.807) is 6.92 Å². The van der Waals surface area contributed by atoms with Crippen LogP contribution < -0.4 is 5.32 Å². The molecule has 0 bridgehead atoms. The van der Waals surface area contributed by atoms with Crippen molar-refractivity contribution in [2.75, 3.05) is 19.7 Å². The fraction of sp³-hybridized carbons (Fsp3) is 0.875. The molecule has 1 heterocycles. The molecule has 0 saturated carbocycles. The standard InChI is InChI=1S/C8H13F2NO2/c1-2-13-7(12)8(6(9)10)3-4-11-5-8/h6,11H,2-5H2,1H3. The Morgan fingerprint density at radius 2 is 2.38 bits per heavy atom. The predicted molar refractivity (Wildman–Crippen MR) is 42.6 cm³/mol. The summed E-state index contributed by atoms with van der Waals surface area (Å²) in [7, 11) is 0. The fourth-order valence-corrected chi connectivity index (χ4v) is 1.44. The molecule has 0 radical (unpaired) electrons. The molecule has 1 aliphatic heterocycles. The van der Waals surface area contributed by atoms with E-state index < -0.39 is 17.8 Å². The summed E-state index contributed by atoms with van der Waals surface area (Å²) in [6, 6.07) is 0. The van der Waals surface area contributed by atoms with Gasteiger partial charge in [0.05, 0.1) is 6.61 Å². The molecule has 1 aliphatic rings. The van der Waals surface area contributed by atoms with Crippen molar-refractivity contribution >= 4 is 5.97 Å². The smallest absolute Gasteiger partial charge is 0.319 e. The Hall–Kier alpha value is -0.710. The number of ether oxygens (including phenoxy) is 1. The minimum Gasteiger partial charge on any atom is -0.465 e. The lowest BCUT2D eigenvalue weighted by molar-refractivity contribution is -0.163. The van der Waals surface area contributed by atoms with Crippen LogP contribution in [0.1, 0.15) is 13.3 Å². The second kappa shape index (κ2) is 4.00. The molecule has 1 rings (SSSR count).